The monoisotopic (exact) mass is 799 g/mol. The van der Waals surface area contributed by atoms with Crippen LogP contribution in [0.15, 0.2) is 74.1 Å². The number of carbonyl (C=O) groups excluding carboxylic acids is 1. The van der Waals surface area contributed by atoms with Gasteiger partial charge in [-0.25, -0.2) is 14.8 Å². The van der Waals surface area contributed by atoms with Gasteiger partial charge in [0.15, 0.2) is 11.0 Å². The number of nitrogens with two attached hydrogens (primary N) is 2. The van der Waals surface area contributed by atoms with E-state index in [4.69, 9.17) is 30.1 Å². The summed E-state index contributed by atoms with van der Waals surface area (Å²) in [6, 6.07) is 10.8. The molecule has 7 atom stereocenters. The first kappa shape index (κ1) is 37.5. The van der Waals surface area contributed by atoms with Crippen LogP contribution in [0.5, 0.6) is 11.5 Å². The summed E-state index contributed by atoms with van der Waals surface area (Å²) in [4.78, 5) is 43.9. The molecule has 14 nitrogen and oxygen atoms in total. The standard InChI is InChI=1S/C45H49N7O7/c1-22-11-32(53)39-33(56-22)17-34-40(41(39)54)38-29-7-6-27(14-26(29)18-48-4)45(43(55)57-42(38)44(2,3)58-34)35(59-45)8-5-23-12-30(51-36(46)13-23)25-15-28(50-37(47)16-25)20-52-19-24-9-10-49-31(24)21-52/h9-13,15-17,21,26-27,29,35,38,42,48,54H,5-8,14,18-20H2,1-4H3,(H2,46,51)(H2,47,50). The molecule has 6 N–H and O–H groups in total. The molecule has 11 rings (SSSR count). The number of aromatic nitrogens is 2. The summed E-state index contributed by atoms with van der Waals surface area (Å²) < 4.78 is 25.7. The number of phenols is 1. The molecule has 1 aromatic carbocycles. The fraction of sp³-hybridized carbons (Fsp3) is 0.444. The molecule has 7 unspecified atom stereocenters. The van der Waals surface area contributed by atoms with E-state index in [1.54, 1.807) is 13.0 Å². The van der Waals surface area contributed by atoms with Gasteiger partial charge in [0.2, 0.25) is 0 Å². The van der Waals surface area contributed by atoms with Crippen molar-refractivity contribution in [1.29, 1.82) is 0 Å². The summed E-state index contributed by atoms with van der Waals surface area (Å²) in [5.74, 6) is 0.719. The highest BCUT2D eigenvalue weighted by molar-refractivity contribution is 5.88. The Labute approximate surface area is 341 Å². The molecule has 3 aromatic heterocycles. The Bertz CT molecular complexity index is 2580. The lowest BCUT2D eigenvalue weighted by molar-refractivity contribution is -0.172. The van der Waals surface area contributed by atoms with Crippen LogP contribution in [-0.2, 0) is 27.2 Å². The van der Waals surface area contributed by atoms with Gasteiger partial charge in [0, 0.05) is 59.6 Å². The average molecular weight is 800 g/mol. The largest absolute Gasteiger partial charge is 0.507 e. The molecule has 306 valence electrons. The number of pyridine rings is 2. The minimum absolute atomic E-state index is 0.0196. The second-order valence-electron chi connectivity index (χ2n) is 17.7. The predicted molar refractivity (Wildman–Crippen MR) is 222 cm³/mol. The van der Waals surface area contributed by atoms with Crippen molar-refractivity contribution < 1.29 is 28.5 Å². The molecule has 2 bridgehead atoms. The number of benzene rings is 1. The summed E-state index contributed by atoms with van der Waals surface area (Å²) >= 11 is 0. The number of ether oxygens (including phenoxy) is 3. The van der Waals surface area contributed by atoms with Crippen molar-refractivity contribution in [2.45, 2.75) is 88.7 Å². The minimum atomic E-state index is -1.12. The maximum Gasteiger partial charge on any atom is 0.341 e. The summed E-state index contributed by atoms with van der Waals surface area (Å²) in [7, 11) is 1.94. The van der Waals surface area contributed by atoms with Gasteiger partial charge in [-0.2, -0.15) is 0 Å². The Balaban J connectivity index is 0.929. The van der Waals surface area contributed by atoms with E-state index < -0.39 is 29.2 Å². The number of esters is 1. The Kier molecular flexibility index (Phi) is 8.69. The van der Waals surface area contributed by atoms with Crippen LogP contribution in [0.2, 0.25) is 0 Å². The predicted octanol–water partition coefficient (Wildman–Crippen LogP) is 5.30. The van der Waals surface area contributed by atoms with Crippen molar-refractivity contribution in [2.75, 3.05) is 31.6 Å². The van der Waals surface area contributed by atoms with Gasteiger partial charge in [-0.05, 0) is 114 Å². The third kappa shape index (κ3) is 6.26. The minimum Gasteiger partial charge on any atom is -0.507 e. The summed E-state index contributed by atoms with van der Waals surface area (Å²) in [5.41, 5.74) is 16.5. The number of anilines is 2. The first-order chi connectivity index (χ1) is 28.3. The van der Waals surface area contributed by atoms with Gasteiger partial charge in [0.25, 0.3) is 0 Å². The normalized spacial score (nSPS) is 28.5. The van der Waals surface area contributed by atoms with Gasteiger partial charge in [-0.3, -0.25) is 9.79 Å². The molecule has 3 saturated heterocycles. The molecular weight excluding hydrogens is 751 g/mol. The number of phenolic OH excluding ortho intramolecular Hbond substituents is 1. The van der Waals surface area contributed by atoms with Gasteiger partial charge in [0.05, 0.1) is 29.7 Å². The molecule has 1 aliphatic carbocycles. The number of rotatable bonds is 8. The van der Waals surface area contributed by atoms with Crippen molar-refractivity contribution >= 4 is 34.8 Å². The number of nitrogens with zero attached hydrogens (tertiary/aromatic N) is 4. The molecule has 59 heavy (non-hydrogen) atoms. The number of aliphatic imine (C=N–C) groups is 1. The Morgan fingerprint density at radius 1 is 1.05 bits per heavy atom. The lowest BCUT2D eigenvalue weighted by Crippen LogP contribution is -2.54. The number of nitrogens with one attached hydrogen (secondary N) is 1. The molecule has 1 spiro atoms. The molecule has 0 radical (unpaired) electrons. The van der Waals surface area contributed by atoms with Gasteiger partial charge >= 0.3 is 5.97 Å². The SMILES string of the molecule is CNCC1CC2CCC1C1c3c(cc4oc(C)cc(=O)c4c3O)OC(C)(C)C1OC(=O)C21OC1CCc1cc(N)nc(-c2cc(N)nc(CN3C=C4N=CC=C4C3)c2)c1. The van der Waals surface area contributed by atoms with E-state index in [0.29, 0.717) is 60.3 Å². The summed E-state index contributed by atoms with van der Waals surface area (Å²) in [6.07, 6.45) is 8.19. The van der Waals surface area contributed by atoms with E-state index in [-0.39, 0.29) is 46.0 Å². The number of hydrogen-bond acceptors (Lipinski definition) is 14. The number of allylic oxidation sites excluding steroid dienone is 1. The fourth-order valence-electron chi connectivity index (χ4n) is 10.8. The fourth-order valence-corrected chi connectivity index (χ4v) is 10.8. The van der Waals surface area contributed by atoms with Gasteiger partial charge in [-0.1, -0.05) is 0 Å². The number of carbonyl (C=O) groups is 1. The van der Waals surface area contributed by atoms with E-state index in [0.717, 1.165) is 48.3 Å². The number of hydrogen-bond donors (Lipinski definition) is 4. The zero-order valence-corrected chi connectivity index (χ0v) is 33.7. The highest BCUT2D eigenvalue weighted by Gasteiger charge is 2.70. The molecule has 0 amide bonds. The van der Waals surface area contributed by atoms with Crippen molar-refractivity contribution in [3.8, 4) is 22.8 Å². The van der Waals surface area contributed by atoms with Gasteiger partial charge < -0.3 is 45.4 Å². The van der Waals surface area contributed by atoms with Crippen LogP contribution in [0.25, 0.3) is 22.2 Å². The highest BCUT2D eigenvalue weighted by atomic mass is 16.7. The van der Waals surface area contributed by atoms with E-state index >= 15 is 0 Å². The number of nitrogen functional groups attached to an aromatic ring is 2. The zero-order valence-electron chi connectivity index (χ0n) is 33.7. The average Bonchev–Trinajstić information content (AvgIpc) is 3.52. The molecule has 6 aliphatic heterocycles. The van der Waals surface area contributed by atoms with Crippen molar-refractivity contribution in [3.05, 3.63) is 92.7 Å². The third-order valence-corrected chi connectivity index (χ3v) is 13.4. The first-order valence-corrected chi connectivity index (χ1v) is 20.6. The number of fused-ring (bicyclic) bond motifs is 6. The Morgan fingerprint density at radius 3 is 2.69 bits per heavy atom. The molecule has 4 fully saturated rings. The van der Waals surface area contributed by atoms with Crippen LogP contribution in [-0.4, -0.2) is 75.7 Å². The van der Waals surface area contributed by atoms with Crippen LogP contribution >= 0.6 is 0 Å². The third-order valence-electron chi connectivity index (χ3n) is 13.4. The van der Waals surface area contributed by atoms with Crippen molar-refractivity contribution in [1.82, 2.24) is 20.2 Å². The molecular formula is C45H49N7O7. The molecule has 14 heteroatoms. The van der Waals surface area contributed by atoms with Crippen molar-refractivity contribution in [3.63, 3.8) is 0 Å². The van der Waals surface area contributed by atoms with Crippen LogP contribution in [0.4, 0.5) is 11.6 Å². The zero-order chi connectivity index (χ0) is 41.0. The summed E-state index contributed by atoms with van der Waals surface area (Å²) in [6.45, 7) is 7.56. The van der Waals surface area contributed by atoms with Gasteiger partial charge in [0.1, 0.15) is 51.6 Å². The van der Waals surface area contributed by atoms with E-state index in [1.807, 2.05) is 63.7 Å². The topological polar surface area (TPSA) is 204 Å². The molecule has 4 aromatic rings. The van der Waals surface area contributed by atoms with E-state index in [1.165, 1.54) is 11.6 Å². The summed E-state index contributed by atoms with van der Waals surface area (Å²) in [5, 5.41) is 15.4. The van der Waals surface area contributed by atoms with Crippen LogP contribution in [0, 0.1) is 24.7 Å². The number of aryl methyl sites for hydroxylation is 2. The van der Waals surface area contributed by atoms with E-state index in [9.17, 15) is 14.7 Å². The first-order valence-electron chi connectivity index (χ1n) is 20.6. The van der Waals surface area contributed by atoms with Crippen LogP contribution in [0.1, 0.15) is 68.0 Å². The van der Waals surface area contributed by atoms with Crippen LogP contribution < -0.4 is 26.9 Å². The number of aromatic hydroxyl groups is 1. The van der Waals surface area contributed by atoms with Gasteiger partial charge in [-0.15, -0.1) is 0 Å². The second kappa shape index (κ2) is 13.7. The smallest absolute Gasteiger partial charge is 0.341 e. The molecule has 7 aliphatic rings. The van der Waals surface area contributed by atoms with Crippen molar-refractivity contribution in [2.24, 2.45) is 22.7 Å². The maximum absolute atomic E-state index is 14.7. The second-order valence-corrected chi connectivity index (χ2v) is 17.7. The van der Waals surface area contributed by atoms with Crippen LogP contribution in [0.3, 0.4) is 0 Å². The molecule has 9 heterocycles. The number of epoxide rings is 1. The molecule has 1 saturated carbocycles. The lowest BCUT2D eigenvalue weighted by atomic mass is 9.61. The highest BCUT2D eigenvalue weighted by Crippen LogP contribution is 2.61. The Morgan fingerprint density at radius 2 is 1.88 bits per heavy atom. The maximum atomic E-state index is 14.7. The lowest BCUT2D eigenvalue weighted by Gasteiger charge is -2.48. The quantitative estimate of drug-likeness (QED) is 0.132. The Hall–Kier alpha value is -5.73. The van der Waals surface area contributed by atoms with E-state index in [2.05, 4.69) is 25.2 Å².